The number of aromatic nitrogens is 1. The van der Waals surface area contributed by atoms with Crippen molar-refractivity contribution in [2.75, 3.05) is 28.4 Å². The average molecular weight is 288 g/mol. The van der Waals surface area contributed by atoms with Gasteiger partial charge in [0.2, 0.25) is 5.88 Å². The Morgan fingerprint density at radius 1 is 1.00 bits per heavy atom. The highest BCUT2D eigenvalue weighted by Gasteiger charge is 2.12. The molecule has 112 valence electrons. The van der Waals surface area contributed by atoms with Crippen LogP contribution in [0.5, 0.6) is 17.4 Å². The Kier molecular flexibility index (Phi) is 5.00. The summed E-state index contributed by atoms with van der Waals surface area (Å²) in [6, 6.07) is 7.77. The monoisotopic (exact) mass is 288 g/mol. The summed E-state index contributed by atoms with van der Waals surface area (Å²) in [5.74, 6) is 2.01. The normalized spacial score (nSPS) is 10.3. The predicted molar refractivity (Wildman–Crippen MR) is 82.1 cm³/mol. The lowest BCUT2D eigenvalue weighted by Crippen LogP contribution is -2.07. The number of ether oxygens (including phenoxy) is 3. The van der Waals surface area contributed by atoms with E-state index in [0.29, 0.717) is 17.4 Å². The summed E-state index contributed by atoms with van der Waals surface area (Å²) in [7, 11) is 6.78. The number of nitrogens with one attached hydrogen (secondary N) is 1. The zero-order chi connectivity index (χ0) is 15.2. The molecule has 0 aliphatic heterocycles. The van der Waals surface area contributed by atoms with Crippen molar-refractivity contribution >= 4 is 0 Å². The predicted octanol–water partition coefficient (Wildman–Crippen LogP) is 2.49. The molecule has 1 N–H and O–H groups in total. The fourth-order valence-electron chi connectivity index (χ4n) is 2.19. The lowest BCUT2D eigenvalue weighted by molar-refractivity contribution is 0.354. The number of pyridine rings is 1. The van der Waals surface area contributed by atoms with Gasteiger partial charge in [0.05, 0.1) is 21.3 Å². The third-order valence-electron chi connectivity index (χ3n) is 3.23. The highest BCUT2D eigenvalue weighted by molar-refractivity contribution is 5.71. The molecule has 0 saturated heterocycles. The van der Waals surface area contributed by atoms with Crippen LogP contribution in [0.4, 0.5) is 0 Å². The van der Waals surface area contributed by atoms with Crippen molar-refractivity contribution in [2.45, 2.75) is 6.54 Å². The molecule has 2 aromatic rings. The molecular weight excluding hydrogens is 268 g/mol. The van der Waals surface area contributed by atoms with E-state index in [9.17, 15) is 0 Å². The van der Waals surface area contributed by atoms with Gasteiger partial charge in [0, 0.05) is 24.4 Å². The topological polar surface area (TPSA) is 52.6 Å². The van der Waals surface area contributed by atoms with Crippen LogP contribution >= 0.6 is 0 Å². The minimum absolute atomic E-state index is 0.592. The molecule has 5 nitrogen and oxygen atoms in total. The largest absolute Gasteiger partial charge is 0.493 e. The van der Waals surface area contributed by atoms with E-state index < -0.39 is 0 Å². The van der Waals surface area contributed by atoms with E-state index >= 15 is 0 Å². The summed E-state index contributed by atoms with van der Waals surface area (Å²) in [6.07, 6.45) is 1.79. The van der Waals surface area contributed by atoms with Crippen molar-refractivity contribution < 1.29 is 14.2 Å². The molecule has 1 heterocycles. The smallest absolute Gasteiger partial charge is 0.212 e. The van der Waals surface area contributed by atoms with Crippen LogP contribution in [0, 0.1) is 0 Å². The molecule has 21 heavy (non-hydrogen) atoms. The minimum Gasteiger partial charge on any atom is -0.493 e. The van der Waals surface area contributed by atoms with Gasteiger partial charge < -0.3 is 19.5 Å². The molecule has 1 aromatic heterocycles. The maximum absolute atomic E-state index is 5.39. The Morgan fingerprint density at radius 3 is 2.24 bits per heavy atom. The summed E-state index contributed by atoms with van der Waals surface area (Å²) < 4.78 is 15.8. The summed E-state index contributed by atoms with van der Waals surface area (Å²) >= 11 is 0. The van der Waals surface area contributed by atoms with Crippen LogP contribution in [-0.2, 0) is 6.54 Å². The van der Waals surface area contributed by atoms with Crippen molar-refractivity contribution in [2.24, 2.45) is 0 Å². The number of benzene rings is 1. The van der Waals surface area contributed by atoms with Gasteiger partial charge in [-0.1, -0.05) is 0 Å². The van der Waals surface area contributed by atoms with Crippen LogP contribution in [0.2, 0.25) is 0 Å². The average Bonchev–Trinajstić information content (AvgIpc) is 2.54. The van der Waals surface area contributed by atoms with E-state index in [1.165, 1.54) is 0 Å². The number of rotatable bonds is 6. The van der Waals surface area contributed by atoms with Crippen molar-refractivity contribution in [3.63, 3.8) is 0 Å². The first kappa shape index (κ1) is 15.1. The SMILES string of the molecule is CNCc1cc(OC)c(OC)cc1-c1ccc(OC)nc1. The maximum Gasteiger partial charge on any atom is 0.212 e. The van der Waals surface area contributed by atoms with Crippen LogP contribution in [0.25, 0.3) is 11.1 Å². The zero-order valence-electron chi connectivity index (χ0n) is 12.8. The summed E-state index contributed by atoms with van der Waals surface area (Å²) in [6.45, 7) is 0.724. The molecule has 0 bridgehead atoms. The standard InChI is InChI=1S/C16H20N2O3/c1-17-9-12-7-14(19-2)15(20-3)8-13(12)11-5-6-16(21-4)18-10-11/h5-8,10,17H,9H2,1-4H3. The lowest BCUT2D eigenvalue weighted by Gasteiger charge is -2.15. The Labute approximate surface area is 124 Å². The first-order valence-corrected chi connectivity index (χ1v) is 6.63. The number of hydrogen-bond donors (Lipinski definition) is 1. The molecule has 0 radical (unpaired) electrons. The van der Waals surface area contributed by atoms with Gasteiger partial charge in [0.25, 0.3) is 0 Å². The molecule has 0 fully saturated rings. The fraction of sp³-hybridized carbons (Fsp3) is 0.312. The van der Waals surface area contributed by atoms with E-state index in [1.807, 2.05) is 31.3 Å². The molecule has 0 saturated carbocycles. The highest BCUT2D eigenvalue weighted by atomic mass is 16.5. The van der Waals surface area contributed by atoms with E-state index in [4.69, 9.17) is 14.2 Å². The van der Waals surface area contributed by atoms with Gasteiger partial charge in [-0.25, -0.2) is 4.98 Å². The molecule has 2 rings (SSSR count). The van der Waals surface area contributed by atoms with E-state index in [1.54, 1.807) is 27.5 Å². The quantitative estimate of drug-likeness (QED) is 0.885. The molecule has 0 spiro atoms. The summed E-state index contributed by atoms with van der Waals surface area (Å²) in [5, 5.41) is 3.16. The lowest BCUT2D eigenvalue weighted by atomic mass is 10.00. The zero-order valence-corrected chi connectivity index (χ0v) is 12.8. The van der Waals surface area contributed by atoms with E-state index in [0.717, 1.165) is 23.2 Å². The fourth-order valence-corrected chi connectivity index (χ4v) is 2.19. The van der Waals surface area contributed by atoms with Crippen LogP contribution in [0.3, 0.4) is 0 Å². The van der Waals surface area contributed by atoms with E-state index in [2.05, 4.69) is 10.3 Å². The van der Waals surface area contributed by atoms with Gasteiger partial charge in [-0.3, -0.25) is 0 Å². The van der Waals surface area contributed by atoms with Crippen molar-refractivity contribution in [3.8, 4) is 28.5 Å². The Morgan fingerprint density at radius 2 is 1.71 bits per heavy atom. The summed E-state index contributed by atoms with van der Waals surface area (Å²) in [4.78, 5) is 4.26. The second kappa shape index (κ2) is 6.95. The molecule has 0 amide bonds. The number of nitrogens with zero attached hydrogens (tertiary/aromatic N) is 1. The van der Waals surface area contributed by atoms with Crippen molar-refractivity contribution in [1.82, 2.24) is 10.3 Å². The van der Waals surface area contributed by atoms with Gasteiger partial charge in [-0.2, -0.15) is 0 Å². The maximum atomic E-state index is 5.39. The number of hydrogen-bond acceptors (Lipinski definition) is 5. The molecule has 5 heteroatoms. The van der Waals surface area contributed by atoms with Crippen molar-refractivity contribution in [1.29, 1.82) is 0 Å². The third kappa shape index (κ3) is 3.25. The molecule has 0 unspecified atom stereocenters. The van der Waals surface area contributed by atoms with Crippen LogP contribution < -0.4 is 19.5 Å². The van der Waals surface area contributed by atoms with Gasteiger partial charge in [0.1, 0.15) is 0 Å². The van der Waals surface area contributed by atoms with Gasteiger partial charge >= 0.3 is 0 Å². The Bertz CT molecular complexity index is 597. The van der Waals surface area contributed by atoms with E-state index in [-0.39, 0.29) is 0 Å². The molecule has 0 aliphatic carbocycles. The highest BCUT2D eigenvalue weighted by Crippen LogP contribution is 2.35. The van der Waals surface area contributed by atoms with Gasteiger partial charge in [-0.15, -0.1) is 0 Å². The summed E-state index contributed by atoms with van der Waals surface area (Å²) in [5.41, 5.74) is 3.17. The minimum atomic E-state index is 0.592. The van der Waals surface area contributed by atoms with Crippen molar-refractivity contribution in [3.05, 3.63) is 36.0 Å². The first-order chi connectivity index (χ1) is 10.2. The van der Waals surface area contributed by atoms with Crippen LogP contribution in [0.15, 0.2) is 30.5 Å². The third-order valence-corrected chi connectivity index (χ3v) is 3.23. The Balaban J connectivity index is 2.52. The molecule has 0 aliphatic rings. The molecular formula is C16H20N2O3. The molecule has 0 atom stereocenters. The Hall–Kier alpha value is -2.27. The van der Waals surface area contributed by atoms with Crippen LogP contribution in [-0.4, -0.2) is 33.4 Å². The van der Waals surface area contributed by atoms with Crippen LogP contribution in [0.1, 0.15) is 5.56 Å². The van der Waals surface area contributed by atoms with Gasteiger partial charge in [-0.05, 0) is 36.4 Å². The number of methoxy groups -OCH3 is 3. The van der Waals surface area contributed by atoms with Gasteiger partial charge in [0.15, 0.2) is 11.5 Å². The molecule has 1 aromatic carbocycles. The second-order valence-corrected chi connectivity index (χ2v) is 4.48. The first-order valence-electron chi connectivity index (χ1n) is 6.63. The second-order valence-electron chi connectivity index (χ2n) is 4.48.